The van der Waals surface area contributed by atoms with Gasteiger partial charge in [-0.1, -0.05) is 0 Å². The minimum atomic E-state index is -3.90. The van der Waals surface area contributed by atoms with Gasteiger partial charge in [0.2, 0.25) is 0 Å². The summed E-state index contributed by atoms with van der Waals surface area (Å²) in [5.74, 6) is 0. The molecule has 0 saturated carbocycles. The molecule has 0 radical (unpaired) electrons. The standard InChI is InChI=1S/C3H9N2O3PS/c4-3(10)5-1-2-9(6,7)8/h1-2H2,(H3,4,5,10)(H2,6,7,8). The van der Waals surface area contributed by atoms with Crippen molar-refractivity contribution < 1.29 is 14.4 Å². The highest BCUT2D eigenvalue weighted by molar-refractivity contribution is 7.80. The highest BCUT2D eigenvalue weighted by Gasteiger charge is 2.10. The Hall–Kier alpha value is -0.160. The molecule has 0 heterocycles. The molecule has 0 aliphatic heterocycles. The second-order valence-electron chi connectivity index (χ2n) is 1.68. The van der Waals surface area contributed by atoms with Crippen molar-refractivity contribution in [3.63, 3.8) is 0 Å². The predicted octanol–water partition coefficient (Wildman–Crippen LogP) is -1.00. The van der Waals surface area contributed by atoms with Crippen LogP contribution < -0.4 is 11.1 Å². The van der Waals surface area contributed by atoms with Crippen molar-refractivity contribution in [3.8, 4) is 0 Å². The Kier molecular flexibility index (Phi) is 3.81. The van der Waals surface area contributed by atoms with Gasteiger partial charge in [-0.2, -0.15) is 0 Å². The molecule has 0 aliphatic rings. The molecule has 5 nitrogen and oxygen atoms in total. The predicted molar refractivity (Wildman–Crippen MR) is 41.7 cm³/mol. The molecule has 0 bridgehead atoms. The van der Waals surface area contributed by atoms with Gasteiger partial charge in [0, 0.05) is 6.54 Å². The van der Waals surface area contributed by atoms with Crippen LogP contribution in [-0.2, 0) is 4.57 Å². The first-order chi connectivity index (χ1) is 4.42. The first kappa shape index (κ1) is 9.84. The van der Waals surface area contributed by atoms with Crippen LogP contribution in [0.15, 0.2) is 0 Å². The maximum Gasteiger partial charge on any atom is 0.327 e. The molecule has 0 spiro atoms. The van der Waals surface area contributed by atoms with E-state index in [-0.39, 0.29) is 17.8 Å². The SMILES string of the molecule is NC(=S)NCCP(=O)(O)O. The normalized spacial score (nSPS) is 11.0. The monoisotopic (exact) mass is 184 g/mol. The molecule has 0 atom stereocenters. The second-order valence-corrected chi connectivity index (χ2v) is 3.90. The summed E-state index contributed by atoms with van der Waals surface area (Å²) in [5.41, 5.74) is 4.99. The molecule has 5 N–H and O–H groups in total. The Labute approximate surface area is 63.8 Å². The summed E-state index contributed by atoms with van der Waals surface area (Å²) in [6.45, 7) is 0.111. The number of thiocarbonyl (C=S) groups is 1. The van der Waals surface area contributed by atoms with Gasteiger partial charge in [0.15, 0.2) is 5.11 Å². The molecular weight excluding hydrogens is 175 g/mol. The lowest BCUT2D eigenvalue weighted by Gasteiger charge is -2.03. The van der Waals surface area contributed by atoms with Crippen LogP contribution in [-0.4, -0.2) is 27.6 Å². The first-order valence-corrected chi connectivity index (χ1v) is 4.70. The van der Waals surface area contributed by atoms with Gasteiger partial charge in [0.1, 0.15) is 0 Å². The summed E-state index contributed by atoms with van der Waals surface area (Å²) < 4.78 is 10.2. The van der Waals surface area contributed by atoms with E-state index in [0.29, 0.717) is 0 Å². The topological polar surface area (TPSA) is 95.6 Å². The molecule has 0 aromatic heterocycles. The van der Waals surface area contributed by atoms with E-state index < -0.39 is 7.60 Å². The van der Waals surface area contributed by atoms with E-state index in [2.05, 4.69) is 17.5 Å². The molecule has 60 valence electrons. The molecule has 0 rings (SSSR count). The quantitative estimate of drug-likeness (QED) is 0.332. The Morgan fingerprint density at radius 1 is 1.70 bits per heavy atom. The summed E-state index contributed by atoms with van der Waals surface area (Å²) in [6.07, 6.45) is -0.246. The summed E-state index contributed by atoms with van der Waals surface area (Å²) >= 11 is 4.40. The molecule has 0 aliphatic carbocycles. The van der Waals surface area contributed by atoms with Crippen molar-refractivity contribution in [2.45, 2.75) is 0 Å². The maximum absolute atomic E-state index is 10.2. The van der Waals surface area contributed by atoms with Crippen LogP contribution in [0, 0.1) is 0 Å². The Balaban J connectivity index is 3.39. The van der Waals surface area contributed by atoms with E-state index in [1.165, 1.54) is 0 Å². The fourth-order valence-corrected chi connectivity index (χ4v) is 0.830. The van der Waals surface area contributed by atoms with Gasteiger partial charge in [-0.15, -0.1) is 0 Å². The van der Waals surface area contributed by atoms with Crippen LogP contribution in [0.2, 0.25) is 0 Å². The van der Waals surface area contributed by atoms with Crippen molar-refractivity contribution in [2.75, 3.05) is 12.7 Å². The fourth-order valence-electron chi connectivity index (χ4n) is 0.325. The molecule has 0 aromatic rings. The van der Waals surface area contributed by atoms with E-state index in [0.717, 1.165) is 0 Å². The van der Waals surface area contributed by atoms with E-state index in [1.807, 2.05) is 0 Å². The van der Waals surface area contributed by atoms with Crippen LogP contribution in [0.25, 0.3) is 0 Å². The number of nitrogens with one attached hydrogen (secondary N) is 1. The Morgan fingerprint density at radius 3 is 2.50 bits per heavy atom. The van der Waals surface area contributed by atoms with Crippen molar-refractivity contribution in [1.29, 1.82) is 0 Å². The lowest BCUT2D eigenvalue weighted by Crippen LogP contribution is -2.31. The third-order valence-corrected chi connectivity index (χ3v) is 1.65. The third-order valence-electron chi connectivity index (χ3n) is 0.702. The number of hydrogen-bond donors (Lipinski definition) is 4. The molecular formula is C3H9N2O3PS. The smallest absolute Gasteiger partial charge is 0.327 e. The molecule has 0 unspecified atom stereocenters. The van der Waals surface area contributed by atoms with Crippen molar-refractivity contribution in [1.82, 2.24) is 5.32 Å². The first-order valence-electron chi connectivity index (χ1n) is 2.50. The van der Waals surface area contributed by atoms with Crippen LogP contribution in [0.1, 0.15) is 0 Å². The molecule has 7 heteroatoms. The zero-order valence-corrected chi connectivity index (χ0v) is 6.86. The summed E-state index contributed by atoms with van der Waals surface area (Å²) in [7, 11) is -3.90. The zero-order valence-electron chi connectivity index (χ0n) is 5.15. The molecule has 0 amide bonds. The van der Waals surface area contributed by atoms with Gasteiger partial charge < -0.3 is 20.8 Å². The van der Waals surface area contributed by atoms with Crippen LogP contribution in [0.4, 0.5) is 0 Å². The van der Waals surface area contributed by atoms with Crippen molar-refractivity contribution in [3.05, 3.63) is 0 Å². The van der Waals surface area contributed by atoms with Gasteiger partial charge >= 0.3 is 7.60 Å². The van der Waals surface area contributed by atoms with Crippen LogP contribution in [0.3, 0.4) is 0 Å². The van der Waals surface area contributed by atoms with E-state index in [9.17, 15) is 4.57 Å². The number of rotatable bonds is 3. The molecule has 0 fully saturated rings. The lowest BCUT2D eigenvalue weighted by molar-refractivity contribution is 0.373. The molecule has 0 aromatic carbocycles. The van der Waals surface area contributed by atoms with Crippen LogP contribution >= 0.6 is 19.8 Å². The van der Waals surface area contributed by atoms with Gasteiger partial charge in [-0.3, -0.25) is 4.57 Å². The van der Waals surface area contributed by atoms with Gasteiger partial charge in [-0.25, -0.2) is 0 Å². The fraction of sp³-hybridized carbons (Fsp3) is 0.667. The van der Waals surface area contributed by atoms with E-state index in [4.69, 9.17) is 15.5 Å². The Bertz CT molecular complexity index is 167. The van der Waals surface area contributed by atoms with Gasteiger partial charge in [0.25, 0.3) is 0 Å². The largest absolute Gasteiger partial charge is 0.376 e. The van der Waals surface area contributed by atoms with Crippen LogP contribution in [0.5, 0.6) is 0 Å². The minimum absolute atomic E-state index is 0.0495. The average molecular weight is 184 g/mol. The zero-order chi connectivity index (χ0) is 8.20. The highest BCUT2D eigenvalue weighted by Crippen LogP contribution is 2.32. The number of hydrogen-bond acceptors (Lipinski definition) is 2. The van der Waals surface area contributed by atoms with Crippen molar-refractivity contribution in [2.24, 2.45) is 5.73 Å². The lowest BCUT2D eigenvalue weighted by atomic mass is 10.7. The van der Waals surface area contributed by atoms with E-state index >= 15 is 0 Å². The highest BCUT2D eigenvalue weighted by atomic mass is 32.1. The van der Waals surface area contributed by atoms with Crippen molar-refractivity contribution >= 4 is 24.9 Å². The van der Waals surface area contributed by atoms with E-state index in [1.54, 1.807) is 0 Å². The summed E-state index contributed by atoms with van der Waals surface area (Å²) in [5, 5.41) is 2.47. The second kappa shape index (κ2) is 3.88. The summed E-state index contributed by atoms with van der Waals surface area (Å²) in [6, 6.07) is 0. The number of nitrogens with two attached hydrogens (primary N) is 1. The molecule has 0 saturated heterocycles. The minimum Gasteiger partial charge on any atom is -0.376 e. The average Bonchev–Trinajstić information content (AvgIpc) is 1.59. The van der Waals surface area contributed by atoms with Gasteiger partial charge in [-0.05, 0) is 12.2 Å². The maximum atomic E-state index is 10.2. The summed E-state index contributed by atoms with van der Waals surface area (Å²) in [4.78, 5) is 16.6. The van der Waals surface area contributed by atoms with Gasteiger partial charge in [0.05, 0.1) is 6.16 Å². The molecule has 10 heavy (non-hydrogen) atoms. The Morgan fingerprint density at radius 2 is 2.20 bits per heavy atom. The third kappa shape index (κ3) is 7.84.